The van der Waals surface area contributed by atoms with E-state index in [0.717, 1.165) is 18.2 Å². The highest BCUT2D eigenvalue weighted by Gasteiger charge is 2.13. The average Bonchev–Trinajstić information content (AvgIpc) is 2.27. The lowest BCUT2D eigenvalue weighted by molar-refractivity contribution is 0.484. The molecule has 1 N–H and O–H groups in total. The largest absolute Gasteiger partial charge is 0.295 e. The molecule has 0 aliphatic carbocycles. The van der Waals surface area contributed by atoms with Crippen molar-refractivity contribution in [2.24, 2.45) is 0 Å². The van der Waals surface area contributed by atoms with Gasteiger partial charge in [0.1, 0.15) is 4.90 Å². The predicted molar refractivity (Wildman–Crippen MR) is 67.8 cm³/mol. The Hall–Kier alpha value is -1.39. The fourth-order valence-corrected chi connectivity index (χ4v) is 2.69. The van der Waals surface area contributed by atoms with Crippen molar-refractivity contribution in [1.82, 2.24) is 0 Å². The number of hydrogen-bond donors (Lipinski definition) is 1. The molecule has 0 fully saturated rings. The summed E-state index contributed by atoms with van der Waals surface area (Å²) in [7, 11) is -4.15. The number of hydrogen-bond acceptors (Lipinski definition) is 2. The highest BCUT2D eigenvalue weighted by molar-refractivity contribution is 7.86. The number of rotatable bonds is 3. The Morgan fingerprint density at radius 2 is 1.94 bits per heavy atom. The molecule has 17 heavy (non-hydrogen) atoms. The third-order valence-electron chi connectivity index (χ3n) is 2.72. The van der Waals surface area contributed by atoms with Crippen molar-refractivity contribution in [2.45, 2.75) is 24.7 Å². The molecule has 0 unspecified atom stereocenters. The minimum absolute atomic E-state index is 0.0296. The molecular weight excluding hydrogens is 236 g/mol. The highest BCUT2D eigenvalue weighted by Crippen LogP contribution is 2.24. The van der Waals surface area contributed by atoms with Gasteiger partial charge < -0.3 is 0 Å². The standard InChI is InChI=1S/C13H14O3S/c1-2-4-10-7-8-12-11(9-10)5-3-6-13(12)17(14,15)16/h3,5-9H,2,4H2,1H3,(H,14,15,16). The van der Waals surface area contributed by atoms with E-state index in [1.807, 2.05) is 18.2 Å². The van der Waals surface area contributed by atoms with Gasteiger partial charge in [0, 0.05) is 5.39 Å². The summed E-state index contributed by atoms with van der Waals surface area (Å²) >= 11 is 0. The maximum atomic E-state index is 11.2. The summed E-state index contributed by atoms with van der Waals surface area (Å²) in [5.41, 5.74) is 1.17. The maximum Gasteiger partial charge on any atom is 0.295 e. The average molecular weight is 250 g/mol. The molecule has 2 aromatic carbocycles. The zero-order chi connectivity index (χ0) is 12.5. The van der Waals surface area contributed by atoms with Gasteiger partial charge >= 0.3 is 0 Å². The van der Waals surface area contributed by atoms with Gasteiger partial charge in [0.05, 0.1) is 0 Å². The first-order valence-corrected chi connectivity index (χ1v) is 6.95. The van der Waals surface area contributed by atoms with Crippen molar-refractivity contribution in [1.29, 1.82) is 0 Å². The Kier molecular flexibility index (Phi) is 3.17. The molecule has 0 radical (unpaired) electrons. The van der Waals surface area contributed by atoms with Crippen molar-refractivity contribution >= 4 is 20.9 Å². The molecule has 0 amide bonds. The van der Waals surface area contributed by atoms with Crippen LogP contribution in [0.5, 0.6) is 0 Å². The van der Waals surface area contributed by atoms with Crippen LogP contribution in [0.25, 0.3) is 10.8 Å². The van der Waals surface area contributed by atoms with E-state index in [2.05, 4.69) is 6.92 Å². The first-order chi connectivity index (χ1) is 8.02. The van der Waals surface area contributed by atoms with Crippen LogP contribution in [0.3, 0.4) is 0 Å². The van der Waals surface area contributed by atoms with Crippen molar-refractivity contribution in [3.8, 4) is 0 Å². The van der Waals surface area contributed by atoms with E-state index in [4.69, 9.17) is 4.55 Å². The third kappa shape index (κ3) is 2.48. The molecule has 0 saturated heterocycles. The quantitative estimate of drug-likeness (QED) is 0.852. The van der Waals surface area contributed by atoms with Crippen LogP contribution >= 0.6 is 0 Å². The summed E-state index contributed by atoms with van der Waals surface area (Å²) in [6.07, 6.45) is 2.01. The van der Waals surface area contributed by atoms with Crippen LogP contribution in [-0.2, 0) is 16.5 Å². The number of aryl methyl sites for hydroxylation is 1. The van der Waals surface area contributed by atoms with Crippen LogP contribution in [0.2, 0.25) is 0 Å². The van der Waals surface area contributed by atoms with Crippen LogP contribution in [0.4, 0.5) is 0 Å². The molecule has 90 valence electrons. The third-order valence-corrected chi connectivity index (χ3v) is 3.63. The molecule has 2 rings (SSSR count). The van der Waals surface area contributed by atoms with Crippen LogP contribution in [-0.4, -0.2) is 13.0 Å². The van der Waals surface area contributed by atoms with E-state index in [0.29, 0.717) is 5.39 Å². The van der Waals surface area contributed by atoms with E-state index >= 15 is 0 Å². The Morgan fingerprint density at radius 3 is 2.59 bits per heavy atom. The molecule has 0 bridgehead atoms. The summed E-state index contributed by atoms with van der Waals surface area (Å²) in [6, 6.07) is 10.5. The minimum atomic E-state index is -4.15. The monoisotopic (exact) mass is 250 g/mol. The molecule has 0 aliphatic heterocycles. The Morgan fingerprint density at radius 1 is 1.18 bits per heavy atom. The molecule has 0 aromatic heterocycles. The molecule has 2 aromatic rings. The van der Waals surface area contributed by atoms with Crippen molar-refractivity contribution in [3.63, 3.8) is 0 Å². The van der Waals surface area contributed by atoms with Gasteiger partial charge in [-0.05, 0) is 23.4 Å². The van der Waals surface area contributed by atoms with Crippen LogP contribution in [0.15, 0.2) is 41.3 Å². The van der Waals surface area contributed by atoms with Gasteiger partial charge in [-0.3, -0.25) is 4.55 Å². The first kappa shape index (κ1) is 12.1. The van der Waals surface area contributed by atoms with Gasteiger partial charge in [-0.15, -0.1) is 0 Å². The molecule has 0 aliphatic rings. The minimum Gasteiger partial charge on any atom is -0.282 e. The molecule has 3 nitrogen and oxygen atoms in total. The summed E-state index contributed by atoms with van der Waals surface area (Å²) in [5.74, 6) is 0. The highest BCUT2D eigenvalue weighted by atomic mass is 32.2. The van der Waals surface area contributed by atoms with Crippen LogP contribution in [0, 0.1) is 0 Å². The maximum absolute atomic E-state index is 11.2. The second-order valence-electron chi connectivity index (χ2n) is 4.04. The van der Waals surface area contributed by atoms with E-state index in [1.54, 1.807) is 12.1 Å². The summed E-state index contributed by atoms with van der Waals surface area (Å²) in [5, 5.41) is 1.40. The van der Waals surface area contributed by atoms with Crippen LogP contribution < -0.4 is 0 Å². The van der Waals surface area contributed by atoms with Crippen molar-refractivity contribution in [3.05, 3.63) is 42.0 Å². The number of fused-ring (bicyclic) bond motifs is 1. The predicted octanol–water partition coefficient (Wildman–Crippen LogP) is 3.04. The molecule has 0 heterocycles. The lowest BCUT2D eigenvalue weighted by Gasteiger charge is -2.05. The lowest BCUT2D eigenvalue weighted by Crippen LogP contribution is -1.99. The zero-order valence-corrected chi connectivity index (χ0v) is 10.4. The van der Waals surface area contributed by atoms with Crippen molar-refractivity contribution < 1.29 is 13.0 Å². The lowest BCUT2D eigenvalue weighted by atomic mass is 10.0. The van der Waals surface area contributed by atoms with Gasteiger partial charge in [-0.1, -0.05) is 43.7 Å². The Bertz CT molecular complexity index is 645. The SMILES string of the molecule is CCCc1ccc2c(S(=O)(=O)O)cccc2c1. The topological polar surface area (TPSA) is 54.4 Å². The molecular formula is C13H14O3S. The van der Waals surface area contributed by atoms with E-state index in [-0.39, 0.29) is 4.90 Å². The van der Waals surface area contributed by atoms with E-state index < -0.39 is 10.1 Å². The molecule has 0 spiro atoms. The zero-order valence-electron chi connectivity index (χ0n) is 9.55. The van der Waals surface area contributed by atoms with Gasteiger partial charge in [-0.25, -0.2) is 0 Å². The van der Waals surface area contributed by atoms with Gasteiger partial charge in [0.25, 0.3) is 10.1 Å². The Labute approximate surface area is 101 Å². The van der Waals surface area contributed by atoms with Gasteiger partial charge in [-0.2, -0.15) is 8.42 Å². The normalized spacial score (nSPS) is 11.9. The summed E-state index contributed by atoms with van der Waals surface area (Å²) < 4.78 is 31.6. The van der Waals surface area contributed by atoms with Crippen molar-refractivity contribution in [2.75, 3.05) is 0 Å². The molecule has 4 heteroatoms. The fourth-order valence-electron chi connectivity index (χ4n) is 1.97. The summed E-state index contributed by atoms with van der Waals surface area (Å²) in [6.45, 7) is 2.10. The van der Waals surface area contributed by atoms with E-state index in [1.165, 1.54) is 11.6 Å². The Balaban J connectivity index is 2.67. The van der Waals surface area contributed by atoms with E-state index in [9.17, 15) is 8.42 Å². The fraction of sp³-hybridized carbons (Fsp3) is 0.231. The first-order valence-electron chi connectivity index (χ1n) is 5.51. The van der Waals surface area contributed by atoms with Gasteiger partial charge in [0.15, 0.2) is 0 Å². The second kappa shape index (κ2) is 4.47. The smallest absolute Gasteiger partial charge is 0.282 e. The molecule has 0 atom stereocenters. The molecule has 0 saturated carbocycles. The van der Waals surface area contributed by atoms with Crippen LogP contribution in [0.1, 0.15) is 18.9 Å². The summed E-state index contributed by atoms with van der Waals surface area (Å²) in [4.78, 5) is -0.0296. The van der Waals surface area contributed by atoms with Gasteiger partial charge in [0.2, 0.25) is 0 Å². The number of benzene rings is 2. The second-order valence-corrected chi connectivity index (χ2v) is 5.43.